The molecule has 27 heavy (non-hydrogen) atoms. The third kappa shape index (κ3) is 3.04. The second-order valence-electron chi connectivity index (χ2n) is 7.13. The smallest absolute Gasteiger partial charge is 0.197 e. The van der Waals surface area contributed by atoms with Crippen LogP contribution in [0.1, 0.15) is 29.4 Å². The van der Waals surface area contributed by atoms with Crippen molar-refractivity contribution in [2.45, 2.75) is 24.4 Å². The summed E-state index contributed by atoms with van der Waals surface area (Å²) in [6.45, 7) is 0.983. The van der Waals surface area contributed by atoms with Gasteiger partial charge in [-0.2, -0.15) is 0 Å². The van der Waals surface area contributed by atoms with Gasteiger partial charge < -0.3 is 10.0 Å². The van der Waals surface area contributed by atoms with Gasteiger partial charge in [0, 0.05) is 37.9 Å². The van der Waals surface area contributed by atoms with Crippen LogP contribution >= 0.6 is 0 Å². The Morgan fingerprint density at radius 3 is 2.30 bits per heavy atom. The molecule has 0 bridgehead atoms. The molecule has 2 aliphatic rings. The molecule has 0 amide bonds. The molecule has 6 nitrogen and oxygen atoms in total. The summed E-state index contributed by atoms with van der Waals surface area (Å²) in [4.78, 5) is 19.0. The average Bonchev–Trinajstić information content (AvgIpc) is 3.48. The second-order valence-corrected chi connectivity index (χ2v) is 7.13. The first kappa shape index (κ1) is 16.3. The van der Waals surface area contributed by atoms with Crippen LogP contribution in [0.2, 0.25) is 0 Å². The third-order valence-electron chi connectivity index (χ3n) is 5.26. The van der Waals surface area contributed by atoms with Gasteiger partial charge in [-0.1, -0.05) is 6.07 Å². The Kier molecular flexibility index (Phi) is 3.82. The number of rotatable bonds is 4. The molecular formula is C20H18FN5O. The minimum absolute atomic E-state index is 0.238. The standard InChI is InChI=1S/C20H18FN5O/c21-17-3-2-12(6-18(17)26-10-14(27)11-26)15-7-16(15)13-8-24-20(25-9-13)19-22-4-1-5-23-19/h1-6,8-9,14-16,27H,7,10-11H2. The highest BCUT2D eigenvalue weighted by Gasteiger charge is 2.40. The lowest BCUT2D eigenvalue weighted by Gasteiger charge is -2.38. The van der Waals surface area contributed by atoms with Gasteiger partial charge in [-0.3, -0.25) is 0 Å². The minimum atomic E-state index is -0.356. The summed E-state index contributed by atoms with van der Waals surface area (Å²) in [5, 5.41) is 9.47. The van der Waals surface area contributed by atoms with Crippen LogP contribution in [0.25, 0.3) is 11.6 Å². The van der Waals surface area contributed by atoms with Crippen LogP contribution in [0.15, 0.2) is 49.1 Å². The number of anilines is 1. The fraction of sp³-hybridized carbons (Fsp3) is 0.300. The second kappa shape index (κ2) is 6.35. The van der Waals surface area contributed by atoms with Gasteiger partial charge in [-0.05, 0) is 47.6 Å². The zero-order chi connectivity index (χ0) is 18.4. The summed E-state index contributed by atoms with van der Waals surface area (Å²) in [5.74, 6) is 1.47. The van der Waals surface area contributed by atoms with Crippen LogP contribution in [-0.2, 0) is 0 Å². The fourth-order valence-electron chi connectivity index (χ4n) is 3.65. The summed E-state index contributed by atoms with van der Waals surface area (Å²) in [6.07, 6.45) is 7.64. The molecule has 5 rings (SSSR count). The van der Waals surface area contributed by atoms with E-state index in [1.807, 2.05) is 29.4 Å². The number of benzene rings is 1. The van der Waals surface area contributed by atoms with Crippen LogP contribution in [0, 0.1) is 5.82 Å². The number of aliphatic hydroxyl groups excluding tert-OH is 1. The molecule has 7 heteroatoms. The lowest BCUT2D eigenvalue weighted by Crippen LogP contribution is -2.51. The highest BCUT2D eigenvalue weighted by Crippen LogP contribution is 2.55. The molecule has 3 heterocycles. The maximum Gasteiger partial charge on any atom is 0.197 e. The van der Waals surface area contributed by atoms with Crippen molar-refractivity contribution in [3.05, 3.63) is 66.0 Å². The van der Waals surface area contributed by atoms with Gasteiger partial charge in [0.1, 0.15) is 5.82 Å². The molecule has 2 unspecified atom stereocenters. The zero-order valence-corrected chi connectivity index (χ0v) is 14.5. The summed E-state index contributed by atoms with van der Waals surface area (Å²) < 4.78 is 14.1. The number of aliphatic hydroxyl groups is 1. The highest BCUT2D eigenvalue weighted by molar-refractivity contribution is 5.54. The molecule has 0 radical (unpaired) electrons. The molecule has 136 valence electrons. The molecule has 1 aliphatic heterocycles. The summed E-state index contributed by atoms with van der Waals surface area (Å²) in [5.41, 5.74) is 2.77. The van der Waals surface area contributed by atoms with Crippen molar-refractivity contribution in [2.75, 3.05) is 18.0 Å². The fourth-order valence-corrected chi connectivity index (χ4v) is 3.65. The van der Waals surface area contributed by atoms with E-state index >= 15 is 0 Å². The van der Waals surface area contributed by atoms with Crippen LogP contribution in [-0.4, -0.2) is 44.2 Å². The van der Waals surface area contributed by atoms with Crippen molar-refractivity contribution in [1.82, 2.24) is 19.9 Å². The number of halogens is 1. The van der Waals surface area contributed by atoms with E-state index in [2.05, 4.69) is 19.9 Å². The van der Waals surface area contributed by atoms with Gasteiger partial charge in [-0.15, -0.1) is 0 Å². The van der Waals surface area contributed by atoms with E-state index in [1.165, 1.54) is 6.07 Å². The molecule has 0 spiro atoms. The monoisotopic (exact) mass is 363 g/mol. The molecule has 2 aromatic heterocycles. The Hall–Kier alpha value is -2.93. The molecule has 1 saturated carbocycles. The van der Waals surface area contributed by atoms with E-state index in [9.17, 15) is 9.50 Å². The molecular weight excluding hydrogens is 345 g/mol. The van der Waals surface area contributed by atoms with Gasteiger partial charge in [0.2, 0.25) is 0 Å². The van der Waals surface area contributed by atoms with Gasteiger partial charge >= 0.3 is 0 Å². The Morgan fingerprint density at radius 2 is 1.59 bits per heavy atom. The molecule has 3 aromatic rings. The van der Waals surface area contributed by atoms with E-state index < -0.39 is 0 Å². The third-order valence-corrected chi connectivity index (χ3v) is 5.26. The maximum atomic E-state index is 14.1. The van der Waals surface area contributed by atoms with Crippen molar-refractivity contribution < 1.29 is 9.50 Å². The highest BCUT2D eigenvalue weighted by atomic mass is 19.1. The zero-order valence-electron chi connectivity index (χ0n) is 14.5. The van der Waals surface area contributed by atoms with Crippen molar-refractivity contribution in [3.8, 4) is 11.6 Å². The van der Waals surface area contributed by atoms with Gasteiger partial charge in [-0.25, -0.2) is 24.3 Å². The van der Waals surface area contributed by atoms with Gasteiger partial charge in [0.05, 0.1) is 11.8 Å². The first-order valence-corrected chi connectivity index (χ1v) is 9.01. The van der Waals surface area contributed by atoms with E-state index in [4.69, 9.17) is 0 Å². The van der Waals surface area contributed by atoms with Crippen LogP contribution in [0.5, 0.6) is 0 Å². The Morgan fingerprint density at radius 1 is 0.926 bits per heavy atom. The van der Waals surface area contributed by atoms with E-state index in [0.717, 1.165) is 17.5 Å². The van der Waals surface area contributed by atoms with Crippen LogP contribution < -0.4 is 4.90 Å². The van der Waals surface area contributed by atoms with Crippen LogP contribution in [0.4, 0.5) is 10.1 Å². The number of hydrogen-bond donors (Lipinski definition) is 1. The molecule has 2 atom stereocenters. The molecule has 2 fully saturated rings. The summed E-state index contributed by atoms with van der Waals surface area (Å²) in [7, 11) is 0. The first-order valence-electron chi connectivity index (χ1n) is 9.01. The number of nitrogens with zero attached hydrogens (tertiary/aromatic N) is 5. The number of aromatic nitrogens is 4. The quantitative estimate of drug-likeness (QED) is 0.768. The topological polar surface area (TPSA) is 75.0 Å². The lowest BCUT2D eigenvalue weighted by atomic mass is 10.0. The lowest BCUT2D eigenvalue weighted by molar-refractivity contribution is 0.141. The normalized spacial score (nSPS) is 21.8. The average molecular weight is 363 g/mol. The van der Waals surface area contributed by atoms with E-state index in [1.54, 1.807) is 18.5 Å². The molecule has 1 N–H and O–H groups in total. The van der Waals surface area contributed by atoms with Crippen molar-refractivity contribution in [2.24, 2.45) is 0 Å². The minimum Gasteiger partial charge on any atom is -0.389 e. The van der Waals surface area contributed by atoms with Crippen molar-refractivity contribution >= 4 is 5.69 Å². The SMILES string of the molecule is OC1CN(c2cc(C3CC3c3cnc(-c4ncccn4)nc3)ccc2F)C1. The van der Waals surface area contributed by atoms with Crippen LogP contribution in [0.3, 0.4) is 0 Å². The molecule has 1 saturated heterocycles. The van der Waals surface area contributed by atoms with Crippen molar-refractivity contribution in [3.63, 3.8) is 0 Å². The van der Waals surface area contributed by atoms with Crippen molar-refractivity contribution in [1.29, 1.82) is 0 Å². The van der Waals surface area contributed by atoms with E-state index in [0.29, 0.717) is 42.3 Å². The summed E-state index contributed by atoms with van der Waals surface area (Å²) in [6, 6.07) is 7.05. The Balaban J connectivity index is 1.33. The predicted molar refractivity (Wildman–Crippen MR) is 97.8 cm³/mol. The van der Waals surface area contributed by atoms with E-state index in [-0.39, 0.29) is 11.9 Å². The Bertz CT molecular complexity index is 960. The van der Waals surface area contributed by atoms with Gasteiger partial charge in [0.25, 0.3) is 0 Å². The predicted octanol–water partition coefficient (Wildman–Crippen LogP) is 2.52. The largest absolute Gasteiger partial charge is 0.389 e. The first-order chi connectivity index (χ1) is 13.2. The number of β-amino-alcohol motifs (C(OH)–C–C–N with tert-alkyl or cyclic N) is 1. The number of hydrogen-bond acceptors (Lipinski definition) is 6. The Labute approximate surface area is 155 Å². The molecule has 1 aliphatic carbocycles. The maximum absolute atomic E-state index is 14.1. The summed E-state index contributed by atoms with van der Waals surface area (Å²) >= 11 is 0. The van der Waals surface area contributed by atoms with Gasteiger partial charge in [0.15, 0.2) is 11.6 Å². The molecule has 1 aromatic carbocycles.